The van der Waals surface area contributed by atoms with Crippen LogP contribution in [0.1, 0.15) is 46.5 Å². The highest BCUT2D eigenvalue weighted by atomic mass is 35.5. The van der Waals surface area contributed by atoms with Gasteiger partial charge >= 0.3 is 6.03 Å². The highest BCUT2D eigenvalue weighted by molar-refractivity contribution is 6.09. The first-order valence-electron chi connectivity index (χ1n) is 7.89. The van der Waals surface area contributed by atoms with E-state index in [1.165, 1.54) is 0 Å². The molecule has 1 saturated carbocycles. The van der Waals surface area contributed by atoms with Gasteiger partial charge in [0.1, 0.15) is 12.1 Å². The third kappa shape index (κ3) is 3.61. The van der Waals surface area contributed by atoms with Gasteiger partial charge in [0.05, 0.1) is 5.54 Å². The maximum Gasteiger partial charge on any atom is 0.325 e. The molecule has 4 amide bonds. The second-order valence-corrected chi connectivity index (χ2v) is 6.94. The maximum absolute atomic E-state index is 12.5. The van der Waals surface area contributed by atoms with Gasteiger partial charge in [-0.1, -0.05) is 26.7 Å². The molecule has 2 fully saturated rings. The number of urea groups is 1. The Hall–Kier alpha value is -1.34. The Labute approximate surface area is 143 Å². The van der Waals surface area contributed by atoms with Crippen LogP contribution < -0.4 is 16.4 Å². The minimum Gasteiger partial charge on any atom is -0.348 e. The summed E-state index contributed by atoms with van der Waals surface area (Å²) >= 11 is 0. The van der Waals surface area contributed by atoms with E-state index in [1.54, 1.807) is 0 Å². The fourth-order valence-electron chi connectivity index (χ4n) is 3.07. The van der Waals surface area contributed by atoms with Gasteiger partial charge in [0.15, 0.2) is 0 Å². The first-order chi connectivity index (χ1) is 10.2. The van der Waals surface area contributed by atoms with Crippen molar-refractivity contribution in [3.05, 3.63) is 0 Å². The van der Waals surface area contributed by atoms with Gasteiger partial charge in [-0.25, -0.2) is 4.79 Å². The van der Waals surface area contributed by atoms with Gasteiger partial charge in [-0.3, -0.25) is 14.5 Å². The zero-order chi connectivity index (χ0) is 16.5. The van der Waals surface area contributed by atoms with Crippen LogP contribution in [0, 0.1) is 5.92 Å². The number of imide groups is 1. The molecule has 1 aliphatic carbocycles. The number of carbonyl (C=O) groups is 3. The van der Waals surface area contributed by atoms with E-state index in [9.17, 15) is 14.4 Å². The van der Waals surface area contributed by atoms with Crippen LogP contribution in [0.25, 0.3) is 0 Å². The van der Waals surface area contributed by atoms with Gasteiger partial charge in [-0.05, 0) is 25.7 Å². The zero-order valence-corrected chi connectivity index (χ0v) is 14.8. The summed E-state index contributed by atoms with van der Waals surface area (Å²) in [5.41, 5.74) is 4.41. The van der Waals surface area contributed by atoms with E-state index in [1.807, 2.05) is 20.8 Å². The highest BCUT2D eigenvalue weighted by Gasteiger charge is 2.52. The van der Waals surface area contributed by atoms with Crippen LogP contribution in [-0.4, -0.2) is 46.9 Å². The molecule has 4 N–H and O–H groups in total. The number of nitrogens with one attached hydrogen (secondary N) is 2. The van der Waals surface area contributed by atoms with Crippen molar-refractivity contribution in [2.75, 3.05) is 13.1 Å². The third-order valence-corrected chi connectivity index (χ3v) is 5.13. The average Bonchev–Trinajstić information content (AvgIpc) is 3.00. The molecule has 2 rings (SSSR count). The van der Waals surface area contributed by atoms with Gasteiger partial charge in [-0.15, -0.1) is 12.4 Å². The maximum atomic E-state index is 12.5. The smallest absolute Gasteiger partial charge is 0.325 e. The number of amides is 4. The zero-order valence-electron chi connectivity index (χ0n) is 14.0. The van der Waals surface area contributed by atoms with E-state index in [-0.39, 0.29) is 36.7 Å². The van der Waals surface area contributed by atoms with Crippen LogP contribution >= 0.6 is 12.4 Å². The van der Waals surface area contributed by atoms with Crippen molar-refractivity contribution in [1.29, 1.82) is 0 Å². The van der Waals surface area contributed by atoms with E-state index < -0.39 is 17.1 Å². The van der Waals surface area contributed by atoms with Gasteiger partial charge < -0.3 is 16.4 Å². The van der Waals surface area contributed by atoms with Crippen LogP contribution in [0.3, 0.4) is 0 Å². The van der Waals surface area contributed by atoms with Crippen LogP contribution in [0.5, 0.6) is 0 Å². The number of rotatable bonds is 5. The summed E-state index contributed by atoms with van der Waals surface area (Å²) in [7, 11) is 0. The van der Waals surface area contributed by atoms with Crippen LogP contribution in [0.2, 0.25) is 0 Å². The predicted molar refractivity (Wildman–Crippen MR) is 89.1 cm³/mol. The molecule has 0 radical (unpaired) electrons. The molecule has 1 unspecified atom stereocenters. The van der Waals surface area contributed by atoms with Crippen molar-refractivity contribution in [2.24, 2.45) is 11.7 Å². The SMILES string of the molecule is CC(C)C(C)(CN)NC(=O)CN1C(=O)NC2(CCCC2)C1=O.Cl. The Bertz CT molecular complexity index is 491. The highest BCUT2D eigenvalue weighted by Crippen LogP contribution is 2.34. The second-order valence-electron chi connectivity index (χ2n) is 6.94. The third-order valence-electron chi connectivity index (χ3n) is 5.13. The molecule has 0 aromatic carbocycles. The lowest BCUT2D eigenvalue weighted by molar-refractivity contribution is -0.135. The Morgan fingerprint density at radius 1 is 1.39 bits per heavy atom. The van der Waals surface area contributed by atoms with E-state index in [0.29, 0.717) is 19.4 Å². The molecule has 0 bridgehead atoms. The first-order valence-corrected chi connectivity index (χ1v) is 7.89. The Morgan fingerprint density at radius 2 is 1.96 bits per heavy atom. The molecule has 0 aromatic heterocycles. The molecule has 1 atom stereocenters. The minimum absolute atomic E-state index is 0. The van der Waals surface area contributed by atoms with Crippen molar-refractivity contribution in [3.63, 3.8) is 0 Å². The summed E-state index contributed by atoms with van der Waals surface area (Å²) in [6.07, 6.45) is 3.15. The van der Waals surface area contributed by atoms with Gasteiger partial charge in [-0.2, -0.15) is 0 Å². The van der Waals surface area contributed by atoms with Crippen LogP contribution in [0.15, 0.2) is 0 Å². The molecule has 8 heteroatoms. The fourth-order valence-corrected chi connectivity index (χ4v) is 3.07. The van der Waals surface area contributed by atoms with E-state index in [2.05, 4.69) is 10.6 Å². The Balaban J connectivity index is 0.00000264. The lowest BCUT2D eigenvalue weighted by atomic mass is 9.88. The molecule has 2 aliphatic rings. The quantitative estimate of drug-likeness (QED) is 0.639. The molecular formula is C15H27ClN4O3. The lowest BCUT2D eigenvalue weighted by Crippen LogP contribution is -2.57. The molecule has 1 heterocycles. The Kier molecular flexibility index (Phi) is 6.04. The largest absolute Gasteiger partial charge is 0.348 e. The van der Waals surface area contributed by atoms with Crippen molar-refractivity contribution < 1.29 is 14.4 Å². The van der Waals surface area contributed by atoms with Crippen LogP contribution in [-0.2, 0) is 9.59 Å². The van der Waals surface area contributed by atoms with E-state index in [0.717, 1.165) is 17.7 Å². The normalized spacial score (nSPS) is 22.0. The monoisotopic (exact) mass is 346 g/mol. The topological polar surface area (TPSA) is 105 Å². The molecule has 7 nitrogen and oxygen atoms in total. The molecule has 1 spiro atoms. The summed E-state index contributed by atoms with van der Waals surface area (Å²) in [4.78, 5) is 37.8. The first kappa shape index (κ1) is 19.7. The average molecular weight is 347 g/mol. The molecular weight excluding hydrogens is 320 g/mol. The Morgan fingerprint density at radius 3 is 2.43 bits per heavy atom. The summed E-state index contributed by atoms with van der Waals surface area (Å²) in [6.45, 7) is 5.83. The number of halogens is 1. The summed E-state index contributed by atoms with van der Waals surface area (Å²) in [5.74, 6) is -0.491. The molecule has 1 aliphatic heterocycles. The number of hydrogen-bond donors (Lipinski definition) is 3. The summed E-state index contributed by atoms with van der Waals surface area (Å²) < 4.78 is 0. The number of nitrogens with zero attached hydrogens (tertiary/aromatic N) is 1. The van der Waals surface area contributed by atoms with E-state index in [4.69, 9.17) is 5.73 Å². The molecule has 23 heavy (non-hydrogen) atoms. The van der Waals surface area contributed by atoms with Gasteiger partial charge in [0.25, 0.3) is 5.91 Å². The fraction of sp³-hybridized carbons (Fsp3) is 0.800. The number of nitrogens with two attached hydrogens (primary N) is 1. The lowest BCUT2D eigenvalue weighted by Gasteiger charge is -2.34. The van der Waals surface area contributed by atoms with Crippen molar-refractivity contribution in [3.8, 4) is 0 Å². The van der Waals surface area contributed by atoms with Crippen molar-refractivity contribution in [1.82, 2.24) is 15.5 Å². The standard InChI is InChI=1S/C15H26N4O3.ClH/c1-10(2)14(3,9-16)17-11(20)8-19-12(21)15(18-13(19)22)6-4-5-7-15;/h10H,4-9,16H2,1-3H3,(H,17,20)(H,18,22);1H. The van der Waals surface area contributed by atoms with Crippen molar-refractivity contribution >= 4 is 30.3 Å². The van der Waals surface area contributed by atoms with E-state index >= 15 is 0 Å². The number of hydrogen-bond acceptors (Lipinski definition) is 4. The van der Waals surface area contributed by atoms with Gasteiger partial charge in [0, 0.05) is 6.54 Å². The number of carbonyl (C=O) groups excluding carboxylic acids is 3. The summed E-state index contributed by atoms with van der Waals surface area (Å²) in [5, 5.41) is 5.62. The molecule has 0 aromatic rings. The second kappa shape index (κ2) is 7.05. The van der Waals surface area contributed by atoms with Crippen LogP contribution in [0.4, 0.5) is 4.79 Å². The summed E-state index contributed by atoms with van der Waals surface area (Å²) in [6, 6.07) is -0.471. The predicted octanol–water partition coefficient (Wildman–Crippen LogP) is 0.762. The molecule has 132 valence electrons. The molecule has 1 saturated heterocycles. The minimum atomic E-state index is -0.771. The van der Waals surface area contributed by atoms with Crippen molar-refractivity contribution in [2.45, 2.75) is 57.5 Å². The van der Waals surface area contributed by atoms with Gasteiger partial charge in [0.2, 0.25) is 5.91 Å².